The van der Waals surface area contributed by atoms with Gasteiger partial charge in [-0.25, -0.2) is 17.9 Å². The van der Waals surface area contributed by atoms with Gasteiger partial charge in [0.15, 0.2) is 5.78 Å². The minimum absolute atomic E-state index is 0.0966. The zero-order valence-corrected chi connectivity index (χ0v) is 16.1. The van der Waals surface area contributed by atoms with Gasteiger partial charge >= 0.3 is 0 Å². The Balaban J connectivity index is 1.68. The Labute approximate surface area is 155 Å². The van der Waals surface area contributed by atoms with Crippen LogP contribution < -0.4 is 4.72 Å². The summed E-state index contributed by atoms with van der Waals surface area (Å²) in [6.07, 6.45) is 1.07. The average molecular weight is 391 g/mol. The Morgan fingerprint density at radius 1 is 1.19 bits per heavy atom. The number of carbonyl (C=O) groups excluding carboxylic acids is 1. The van der Waals surface area contributed by atoms with E-state index in [1.807, 2.05) is 19.9 Å². The molecule has 136 valence electrons. The second-order valence-corrected chi connectivity index (χ2v) is 8.50. The lowest BCUT2D eigenvalue weighted by Crippen LogP contribution is -2.10. The number of rotatable bonds is 6. The minimum atomic E-state index is -3.34. The maximum absolute atomic E-state index is 12.3. The molecular formula is C16H17N5O3S2. The monoisotopic (exact) mass is 391 g/mol. The number of aryl methyl sites for hydroxylation is 2. The molecule has 0 saturated carbocycles. The van der Waals surface area contributed by atoms with Gasteiger partial charge in [0.1, 0.15) is 0 Å². The first-order valence-electron chi connectivity index (χ1n) is 7.66. The number of Topliss-reactive ketones (excluding diaryl/α,β-unsaturated/α-hetero) is 1. The third kappa shape index (κ3) is 4.38. The smallest absolute Gasteiger partial charge is 0.253 e. The number of hydrogen-bond acceptors (Lipinski definition) is 7. The van der Waals surface area contributed by atoms with Gasteiger partial charge in [-0.05, 0) is 44.2 Å². The molecular weight excluding hydrogens is 374 g/mol. The highest BCUT2D eigenvalue weighted by Gasteiger charge is 2.12. The number of nitrogens with one attached hydrogen (secondary N) is 1. The van der Waals surface area contributed by atoms with Crippen molar-refractivity contribution in [2.75, 3.05) is 16.7 Å². The van der Waals surface area contributed by atoms with Crippen LogP contribution in [0, 0.1) is 13.8 Å². The van der Waals surface area contributed by atoms with Crippen LogP contribution in [0.2, 0.25) is 0 Å². The SMILES string of the molecule is Cc1cc(C)n2nc(SCC(=O)c3ccc(NS(C)(=O)=O)cc3)nc2n1. The lowest BCUT2D eigenvalue weighted by molar-refractivity contribution is 0.102. The normalized spacial score (nSPS) is 11.7. The van der Waals surface area contributed by atoms with E-state index in [-0.39, 0.29) is 11.5 Å². The highest BCUT2D eigenvalue weighted by molar-refractivity contribution is 7.99. The van der Waals surface area contributed by atoms with Gasteiger partial charge in [-0.3, -0.25) is 9.52 Å². The number of fused-ring (bicyclic) bond motifs is 1. The van der Waals surface area contributed by atoms with Crippen LogP contribution in [0.1, 0.15) is 21.7 Å². The van der Waals surface area contributed by atoms with Crippen LogP contribution in [0.5, 0.6) is 0 Å². The minimum Gasteiger partial charge on any atom is -0.293 e. The second-order valence-electron chi connectivity index (χ2n) is 5.81. The van der Waals surface area contributed by atoms with Crippen LogP contribution in [0.25, 0.3) is 5.78 Å². The highest BCUT2D eigenvalue weighted by atomic mass is 32.2. The molecule has 0 atom stereocenters. The first kappa shape index (κ1) is 18.3. The third-order valence-corrected chi connectivity index (χ3v) is 4.89. The second kappa shape index (κ2) is 7.04. The molecule has 0 aliphatic rings. The van der Waals surface area contributed by atoms with Crippen molar-refractivity contribution in [3.63, 3.8) is 0 Å². The quantitative estimate of drug-likeness (QED) is 0.506. The van der Waals surface area contributed by atoms with Crippen molar-refractivity contribution >= 4 is 39.0 Å². The average Bonchev–Trinajstić information content (AvgIpc) is 2.95. The first-order valence-corrected chi connectivity index (χ1v) is 10.5. The van der Waals surface area contributed by atoms with Crippen molar-refractivity contribution in [2.24, 2.45) is 0 Å². The lowest BCUT2D eigenvalue weighted by Gasteiger charge is -2.04. The third-order valence-electron chi connectivity index (χ3n) is 3.44. The van der Waals surface area contributed by atoms with Crippen LogP contribution >= 0.6 is 11.8 Å². The van der Waals surface area contributed by atoms with Crippen molar-refractivity contribution in [1.29, 1.82) is 0 Å². The largest absolute Gasteiger partial charge is 0.293 e. The Morgan fingerprint density at radius 3 is 2.54 bits per heavy atom. The molecule has 0 bridgehead atoms. The van der Waals surface area contributed by atoms with E-state index in [1.165, 1.54) is 11.8 Å². The summed E-state index contributed by atoms with van der Waals surface area (Å²) in [6.45, 7) is 3.81. The number of ketones is 1. The summed E-state index contributed by atoms with van der Waals surface area (Å²) in [4.78, 5) is 21.0. The first-order chi connectivity index (χ1) is 12.2. The molecule has 0 unspecified atom stereocenters. The van der Waals surface area contributed by atoms with E-state index >= 15 is 0 Å². The summed E-state index contributed by atoms with van der Waals surface area (Å²) >= 11 is 1.23. The van der Waals surface area contributed by atoms with E-state index in [4.69, 9.17) is 0 Å². The summed E-state index contributed by atoms with van der Waals surface area (Å²) in [5, 5.41) is 4.83. The van der Waals surface area contributed by atoms with Crippen molar-refractivity contribution in [1.82, 2.24) is 19.6 Å². The molecule has 26 heavy (non-hydrogen) atoms. The van der Waals surface area contributed by atoms with E-state index < -0.39 is 10.0 Å². The van der Waals surface area contributed by atoms with Crippen molar-refractivity contribution in [3.8, 4) is 0 Å². The zero-order valence-electron chi connectivity index (χ0n) is 14.4. The summed E-state index contributed by atoms with van der Waals surface area (Å²) in [5.74, 6) is 0.586. The molecule has 0 aliphatic carbocycles. The number of thioether (sulfide) groups is 1. The number of hydrogen-bond donors (Lipinski definition) is 1. The summed E-state index contributed by atoms with van der Waals surface area (Å²) in [5.41, 5.74) is 2.69. The van der Waals surface area contributed by atoms with Crippen LogP contribution in [0.15, 0.2) is 35.5 Å². The van der Waals surface area contributed by atoms with Crippen LogP contribution in [0.4, 0.5) is 5.69 Å². The van der Waals surface area contributed by atoms with Crippen LogP contribution in [-0.2, 0) is 10.0 Å². The molecule has 0 fully saturated rings. The molecule has 0 aliphatic heterocycles. The molecule has 3 rings (SSSR count). The fraction of sp³-hybridized carbons (Fsp3) is 0.250. The van der Waals surface area contributed by atoms with Crippen LogP contribution in [-0.4, -0.2) is 45.8 Å². The molecule has 2 aromatic heterocycles. The van der Waals surface area contributed by atoms with Gasteiger partial charge in [0.05, 0.1) is 12.0 Å². The predicted molar refractivity (Wildman–Crippen MR) is 100 cm³/mol. The van der Waals surface area contributed by atoms with Crippen molar-refractivity contribution in [3.05, 3.63) is 47.3 Å². The number of carbonyl (C=O) groups is 1. The van der Waals surface area contributed by atoms with Crippen molar-refractivity contribution < 1.29 is 13.2 Å². The molecule has 0 saturated heterocycles. The zero-order chi connectivity index (χ0) is 18.9. The Kier molecular flexibility index (Phi) is 4.97. The Bertz CT molecular complexity index is 1080. The van der Waals surface area contributed by atoms with E-state index in [9.17, 15) is 13.2 Å². The number of aromatic nitrogens is 4. The van der Waals surface area contributed by atoms with Gasteiger partial charge in [-0.15, -0.1) is 5.10 Å². The Hall–Kier alpha value is -2.46. The molecule has 1 aromatic carbocycles. The van der Waals surface area contributed by atoms with E-state index in [0.717, 1.165) is 17.6 Å². The van der Waals surface area contributed by atoms with Crippen molar-refractivity contribution in [2.45, 2.75) is 19.0 Å². The number of benzene rings is 1. The Morgan fingerprint density at radius 2 is 1.88 bits per heavy atom. The molecule has 0 radical (unpaired) electrons. The molecule has 8 nitrogen and oxygen atoms in total. The van der Waals surface area contributed by atoms with Gasteiger partial charge in [-0.1, -0.05) is 11.8 Å². The maximum atomic E-state index is 12.3. The summed E-state index contributed by atoms with van der Waals surface area (Å²) in [6, 6.07) is 8.19. The van der Waals surface area contributed by atoms with E-state index in [2.05, 4.69) is 19.8 Å². The van der Waals surface area contributed by atoms with Gasteiger partial charge in [0, 0.05) is 22.6 Å². The number of anilines is 1. The lowest BCUT2D eigenvalue weighted by atomic mass is 10.1. The standard InChI is InChI=1S/C16H17N5O3S2/c1-10-8-11(2)21-15(17-10)18-16(19-21)25-9-14(22)12-4-6-13(7-5-12)20-26(3,23)24/h4-8,20H,9H2,1-3H3. The van der Waals surface area contributed by atoms with Gasteiger partial charge in [0.25, 0.3) is 5.78 Å². The summed E-state index contributed by atoms with van der Waals surface area (Å²) < 4.78 is 26.4. The molecule has 3 aromatic rings. The fourth-order valence-electron chi connectivity index (χ4n) is 2.36. The molecule has 1 N–H and O–H groups in total. The van der Waals surface area contributed by atoms with Gasteiger partial charge in [0.2, 0.25) is 15.2 Å². The summed E-state index contributed by atoms with van der Waals surface area (Å²) in [7, 11) is -3.34. The molecule has 0 amide bonds. The molecule has 0 spiro atoms. The van der Waals surface area contributed by atoms with E-state index in [0.29, 0.717) is 22.2 Å². The van der Waals surface area contributed by atoms with Gasteiger partial charge in [-0.2, -0.15) is 4.98 Å². The predicted octanol–water partition coefficient (Wildman–Crippen LogP) is 2.09. The van der Waals surface area contributed by atoms with Crippen LogP contribution in [0.3, 0.4) is 0 Å². The number of sulfonamides is 1. The molecule has 2 heterocycles. The molecule has 10 heteroatoms. The fourth-order valence-corrected chi connectivity index (χ4v) is 3.64. The van der Waals surface area contributed by atoms with Gasteiger partial charge < -0.3 is 0 Å². The number of nitrogens with zero attached hydrogens (tertiary/aromatic N) is 4. The topological polar surface area (TPSA) is 106 Å². The maximum Gasteiger partial charge on any atom is 0.253 e. The van der Waals surface area contributed by atoms with E-state index in [1.54, 1.807) is 28.8 Å². The highest BCUT2D eigenvalue weighted by Crippen LogP contribution is 2.18.